The number of fused-ring (bicyclic) bond motifs is 6. The van der Waals surface area contributed by atoms with Crippen molar-refractivity contribution in [3.8, 4) is 28.5 Å². The maximum absolute atomic E-state index is 5.27. The fourth-order valence-corrected chi connectivity index (χ4v) is 7.13. The van der Waals surface area contributed by atoms with Crippen LogP contribution in [0.15, 0.2) is 163 Å². The first-order valence-electron chi connectivity index (χ1n) is 16.4. The van der Waals surface area contributed by atoms with E-state index in [1.165, 1.54) is 16.2 Å². The maximum atomic E-state index is 5.27. The average molecular weight is 630 g/mol. The van der Waals surface area contributed by atoms with Crippen molar-refractivity contribution in [3.05, 3.63) is 163 Å². The summed E-state index contributed by atoms with van der Waals surface area (Å²) in [4.78, 5) is 10.5. The van der Waals surface area contributed by atoms with Gasteiger partial charge in [0.1, 0.15) is 0 Å². The van der Waals surface area contributed by atoms with Crippen molar-refractivity contribution in [2.24, 2.45) is 5.10 Å². The van der Waals surface area contributed by atoms with Gasteiger partial charge in [0.2, 0.25) is 5.95 Å². The molecule has 5 heteroatoms. The summed E-state index contributed by atoms with van der Waals surface area (Å²) in [6.07, 6.45) is 0. The van der Waals surface area contributed by atoms with Gasteiger partial charge in [-0.05, 0) is 76.5 Å². The Bertz CT molecular complexity index is 2620. The van der Waals surface area contributed by atoms with Crippen molar-refractivity contribution in [3.63, 3.8) is 0 Å². The highest BCUT2D eigenvalue weighted by Gasteiger charge is 2.22. The number of para-hydroxylation sites is 1. The van der Waals surface area contributed by atoms with Crippen LogP contribution in [0.25, 0.3) is 71.8 Å². The molecule has 2 aromatic heterocycles. The van der Waals surface area contributed by atoms with Crippen LogP contribution >= 0.6 is 0 Å². The molecule has 7 aromatic carbocycles. The van der Waals surface area contributed by atoms with Crippen molar-refractivity contribution >= 4 is 61.4 Å². The first-order chi connectivity index (χ1) is 24.2. The summed E-state index contributed by atoms with van der Waals surface area (Å²) in [7, 11) is 0. The van der Waals surface area contributed by atoms with Crippen LogP contribution in [0.3, 0.4) is 0 Å². The molecule has 9 rings (SSSR count). The van der Waals surface area contributed by atoms with Crippen molar-refractivity contribution in [2.45, 2.75) is 6.92 Å². The molecule has 0 bridgehead atoms. The summed E-state index contributed by atoms with van der Waals surface area (Å²) in [6, 6.07) is 54.8. The van der Waals surface area contributed by atoms with Crippen molar-refractivity contribution in [2.75, 3.05) is 5.01 Å². The standard InChI is InChI=1S/C44H31N5/c1-29-40(49(45-2)34-19-10-5-11-20-34)24-25-41-43(29)37-27-36-33(23-22-30-14-12-13-21-35(30)36)26-42(37)48(41)44-46-38(31-15-6-3-7-16-31)28-39(47-44)32-17-8-4-9-18-32/h3-28H,2H2,1H3. The number of nitrogens with zero attached hydrogens (tertiary/aromatic N) is 5. The molecule has 9 aromatic rings. The quantitative estimate of drug-likeness (QED) is 0.104. The Balaban J connectivity index is 1.40. The Hall–Kier alpha value is -6.59. The van der Waals surface area contributed by atoms with Crippen LogP contribution in [0.4, 0.5) is 11.4 Å². The van der Waals surface area contributed by atoms with Crippen LogP contribution in [-0.2, 0) is 0 Å². The lowest BCUT2D eigenvalue weighted by atomic mass is 9.98. The highest BCUT2D eigenvalue weighted by Crippen LogP contribution is 2.42. The van der Waals surface area contributed by atoms with Crippen molar-refractivity contribution < 1.29 is 0 Å². The van der Waals surface area contributed by atoms with E-state index in [0.29, 0.717) is 5.95 Å². The largest absolute Gasteiger partial charge is 0.278 e. The van der Waals surface area contributed by atoms with E-state index in [2.05, 4.69) is 126 Å². The summed E-state index contributed by atoms with van der Waals surface area (Å²) in [6.45, 7) is 6.13. The molecule has 0 unspecified atom stereocenters. The number of benzene rings is 7. The van der Waals surface area contributed by atoms with Crippen LogP contribution in [0.5, 0.6) is 0 Å². The summed E-state index contributed by atoms with van der Waals surface area (Å²) in [5.74, 6) is 0.620. The van der Waals surface area contributed by atoms with Gasteiger partial charge >= 0.3 is 0 Å². The minimum absolute atomic E-state index is 0.620. The summed E-state index contributed by atoms with van der Waals surface area (Å²) in [5.41, 5.74) is 8.89. The van der Waals surface area contributed by atoms with Gasteiger partial charge in [0.25, 0.3) is 0 Å². The zero-order chi connectivity index (χ0) is 32.9. The second-order valence-electron chi connectivity index (χ2n) is 12.3. The van der Waals surface area contributed by atoms with Crippen LogP contribution in [-0.4, -0.2) is 21.3 Å². The summed E-state index contributed by atoms with van der Waals surface area (Å²) >= 11 is 0. The number of anilines is 2. The van der Waals surface area contributed by atoms with E-state index in [4.69, 9.17) is 9.97 Å². The normalized spacial score (nSPS) is 11.4. The molecule has 2 heterocycles. The Morgan fingerprint density at radius 2 is 1.16 bits per heavy atom. The van der Waals surface area contributed by atoms with E-state index >= 15 is 0 Å². The molecule has 49 heavy (non-hydrogen) atoms. The molecule has 0 fully saturated rings. The van der Waals surface area contributed by atoms with Crippen LogP contribution in [0.2, 0.25) is 0 Å². The predicted octanol–water partition coefficient (Wildman–Crippen LogP) is 11.3. The third-order valence-corrected chi connectivity index (χ3v) is 9.45. The molecule has 0 saturated heterocycles. The number of hydrazone groups is 1. The molecule has 232 valence electrons. The van der Waals surface area contributed by atoms with Gasteiger partial charge in [0, 0.05) is 28.6 Å². The topological polar surface area (TPSA) is 46.3 Å². The van der Waals surface area contributed by atoms with E-state index in [1.807, 2.05) is 59.6 Å². The Morgan fingerprint density at radius 1 is 0.551 bits per heavy atom. The first-order valence-corrected chi connectivity index (χ1v) is 16.4. The lowest BCUT2D eigenvalue weighted by Gasteiger charge is -2.21. The molecule has 0 aliphatic carbocycles. The highest BCUT2D eigenvalue weighted by atomic mass is 15.4. The van der Waals surface area contributed by atoms with Gasteiger partial charge in [0.05, 0.1) is 33.8 Å². The Morgan fingerprint density at radius 3 is 1.84 bits per heavy atom. The smallest absolute Gasteiger partial charge is 0.235 e. The highest BCUT2D eigenvalue weighted by molar-refractivity contribution is 6.19. The minimum atomic E-state index is 0.620. The lowest BCUT2D eigenvalue weighted by Crippen LogP contribution is -2.09. The molecule has 0 aliphatic heterocycles. The van der Waals surface area contributed by atoms with Gasteiger partial charge in [-0.15, -0.1) is 0 Å². The molecule has 5 nitrogen and oxygen atoms in total. The number of aromatic nitrogens is 3. The maximum Gasteiger partial charge on any atom is 0.235 e. The lowest BCUT2D eigenvalue weighted by molar-refractivity contribution is 0.995. The predicted molar refractivity (Wildman–Crippen MR) is 205 cm³/mol. The van der Waals surface area contributed by atoms with Gasteiger partial charge < -0.3 is 0 Å². The molecule has 0 spiro atoms. The molecule has 0 saturated carbocycles. The number of hydrogen-bond donors (Lipinski definition) is 0. The monoisotopic (exact) mass is 629 g/mol. The number of hydrogen-bond acceptors (Lipinski definition) is 4. The van der Waals surface area contributed by atoms with Gasteiger partial charge in [-0.1, -0.05) is 115 Å². The van der Waals surface area contributed by atoms with Gasteiger partial charge in [-0.25, -0.2) is 15.0 Å². The van der Waals surface area contributed by atoms with E-state index in [0.717, 1.165) is 66.6 Å². The zero-order valence-electron chi connectivity index (χ0n) is 27.0. The molecule has 0 N–H and O–H groups in total. The molecule has 0 radical (unpaired) electrons. The van der Waals surface area contributed by atoms with Crippen molar-refractivity contribution in [1.29, 1.82) is 0 Å². The SMILES string of the molecule is C=NN(c1ccccc1)c1ccc2c(c1C)c1cc3c(ccc4ccccc43)cc1n2-c1nc(-c2ccccc2)cc(-c2ccccc2)n1. The van der Waals surface area contributed by atoms with Gasteiger partial charge in [-0.2, -0.15) is 5.10 Å². The molecule has 0 atom stereocenters. The Labute approximate surface area is 284 Å². The first kappa shape index (κ1) is 28.6. The molecule has 0 aliphatic rings. The second kappa shape index (κ2) is 11.6. The fourth-order valence-electron chi connectivity index (χ4n) is 7.13. The third-order valence-electron chi connectivity index (χ3n) is 9.45. The molecular weight excluding hydrogens is 599 g/mol. The number of aryl methyl sites for hydroxylation is 1. The summed E-state index contributed by atoms with van der Waals surface area (Å²) < 4.78 is 2.23. The second-order valence-corrected chi connectivity index (χ2v) is 12.3. The van der Waals surface area contributed by atoms with E-state index in [1.54, 1.807) is 0 Å². The molecule has 0 amide bonds. The molecular formula is C44H31N5. The third kappa shape index (κ3) is 4.75. The van der Waals surface area contributed by atoms with E-state index in [9.17, 15) is 0 Å². The van der Waals surface area contributed by atoms with E-state index in [-0.39, 0.29) is 0 Å². The van der Waals surface area contributed by atoms with E-state index < -0.39 is 0 Å². The van der Waals surface area contributed by atoms with Crippen LogP contribution in [0, 0.1) is 6.92 Å². The van der Waals surface area contributed by atoms with Crippen LogP contribution in [0.1, 0.15) is 5.56 Å². The summed E-state index contributed by atoms with van der Waals surface area (Å²) in [5, 5.41) is 13.5. The van der Waals surface area contributed by atoms with Crippen molar-refractivity contribution in [1.82, 2.24) is 14.5 Å². The van der Waals surface area contributed by atoms with Gasteiger partial charge in [-0.3, -0.25) is 4.57 Å². The number of rotatable bonds is 6. The minimum Gasteiger partial charge on any atom is -0.278 e. The zero-order valence-corrected chi connectivity index (χ0v) is 27.0. The average Bonchev–Trinajstić information content (AvgIpc) is 3.50. The van der Waals surface area contributed by atoms with Gasteiger partial charge in [0.15, 0.2) is 0 Å². The Kier molecular flexibility index (Phi) is 6.76. The fraction of sp³-hybridized carbons (Fsp3) is 0.0227. The van der Waals surface area contributed by atoms with Crippen LogP contribution < -0.4 is 5.01 Å².